The van der Waals surface area contributed by atoms with Gasteiger partial charge in [0.15, 0.2) is 5.82 Å². The first-order chi connectivity index (χ1) is 14.6. The third kappa shape index (κ3) is 4.95. The molecule has 2 aromatic carbocycles. The normalized spacial score (nSPS) is 11.9. The van der Waals surface area contributed by atoms with Gasteiger partial charge in [0, 0.05) is 22.8 Å². The van der Waals surface area contributed by atoms with Gasteiger partial charge in [0.1, 0.15) is 21.8 Å². The molecule has 30 heavy (non-hydrogen) atoms. The zero-order valence-electron chi connectivity index (χ0n) is 16.0. The van der Waals surface area contributed by atoms with Crippen molar-refractivity contribution in [2.45, 2.75) is 17.9 Å². The molecular weight excluding hydrogens is 421 g/mol. The van der Waals surface area contributed by atoms with Crippen molar-refractivity contribution < 1.29 is 13.7 Å². The number of halogens is 1. The molecule has 1 unspecified atom stereocenters. The van der Waals surface area contributed by atoms with Gasteiger partial charge >= 0.3 is 0 Å². The Labute approximate surface area is 181 Å². The fourth-order valence-corrected chi connectivity index (χ4v) is 4.81. The molecule has 0 aliphatic carbocycles. The number of carbonyl (C=O) groups excluding carboxylic acids is 1. The van der Waals surface area contributed by atoms with Gasteiger partial charge in [0.05, 0.1) is 5.69 Å². The number of thiazole rings is 1. The molecule has 1 atom stereocenters. The van der Waals surface area contributed by atoms with E-state index in [-0.39, 0.29) is 11.7 Å². The number of aryl methyl sites for hydroxylation is 1. The van der Waals surface area contributed by atoms with E-state index in [0.29, 0.717) is 17.3 Å². The molecule has 0 fully saturated rings. The largest absolute Gasteiger partial charge is 0.360 e. The van der Waals surface area contributed by atoms with Crippen molar-refractivity contribution in [1.29, 1.82) is 0 Å². The van der Waals surface area contributed by atoms with Crippen LogP contribution in [-0.2, 0) is 10.5 Å². The number of nitrogens with one attached hydrogen (secondary N) is 1. The summed E-state index contributed by atoms with van der Waals surface area (Å²) in [6, 6.07) is 17.5. The second-order valence-electron chi connectivity index (χ2n) is 6.56. The second kappa shape index (κ2) is 9.23. The average Bonchev–Trinajstić information content (AvgIpc) is 3.38. The Balaban J connectivity index is 1.48. The van der Waals surface area contributed by atoms with Crippen LogP contribution in [0.1, 0.15) is 22.3 Å². The van der Waals surface area contributed by atoms with E-state index in [1.54, 1.807) is 25.1 Å². The first-order valence-corrected chi connectivity index (χ1v) is 11.1. The molecule has 0 aliphatic heterocycles. The second-order valence-corrected chi connectivity index (χ2v) is 8.52. The minimum Gasteiger partial charge on any atom is -0.360 e. The van der Waals surface area contributed by atoms with Crippen molar-refractivity contribution in [1.82, 2.24) is 10.1 Å². The number of aromatic nitrogens is 2. The third-order valence-corrected chi connectivity index (χ3v) is 6.48. The number of carbonyl (C=O) groups is 1. The van der Waals surface area contributed by atoms with Gasteiger partial charge in [-0.2, -0.15) is 0 Å². The van der Waals surface area contributed by atoms with Gasteiger partial charge in [-0.25, -0.2) is 9.37 Å². The lowest BCUT2D eigenvalue weighted by Crippen LogP contribution is -2.19. The number of benzene rings is 2. The highest BCUT2D eigenvalue weighted by atomic mass is 32.2. The van der Waals surface area contributed by atoms with Crippen LogP contribution >= 0.6 is 23.1 Å². The maximum Gasteiger partial charge on any atom is 0.243 e. The topological polar surface area (TPSA) is 68.0 Å². The average molecular weight is 440 g/mol. The molecule has 4 rings (SSSR count). The molecule has 152 valence electrons. The Hall–Kier alpha value is -2.97. The molecule has 0 aliphatic rings. The molecule has 0 saturated heterocycles. The van der Waals surface area contributed by atoms with Crippen LogP contribution < -0.4 is 5.32 Å². The van der Waals surface area contributed by atoms with Crippen molar-refractivity contribution in [3.63, 3.8) is 0 Å². The molecule has 4 aromatic rings. The number of rotatable bonds is 7. The Morgan fingerprint density at radius 2 is 1.97 bits per heavy atom. The first-order valence-electron chi connectivity index (χ1n) is 9.19. The minimum absolute atomic E-state index is 0.173. The van der Waals surface area contributed by atoms with Crippen molar-refractivity contribution in [2.24, 2.45) is 0 Å². The van der Waals surface area contributed by atoms with E-state index < -0.39 is 5.25 Å². The predicted octanol–water partition coefficient (Wildman–Crippen LogP) is 5.86. The summed E-state index contributed by atoms with van der Waals surface area (Å²) in [5, 5.41) is 9.01. The van der Waals surface area contributed by atoms with Crippen LogP contribution in [0.3, 0.4) is 0 Å². The lowest BCUT2D eigenvalue weighted by molar-refractivity contribution is -0.115. The number of nitrogens with zero attached hydrogens (tertiary/aromatic N) is 2. The maximum atomic E-state index is 13.1. The molecule has 0 spiro atoms. The Morgan fingerprint density at radius 3 is 2.67 bits per heavy atom. The van der Waals surface area contributed by atoms with Crippen LogP contribution in [0.4, 0.5) is 10.2 Å². The fraction of sp³-hybridized carbons (Fsp3) is 0.136. The maximum absolute atomic E-state index is 13.1. The van der Waals surface area contributed by atoms with E-state index in [1.807, 2.05) is 35.7 Å². The smallest absolute Gasteiger partial charge is 0.243 e. The first kappa shape index (κ1) is 20.3. The summed E-state index contributed by atoms with van der Waals surface area (Å²) < 4.78 is 18.2. The fourth-order valence-electron chi connectivity index (χ4n) is 2.84. The predicted molar refractivity (Wildman–Crippen MR) is 118 cm³/mol. The van der Waals surface area contributed by atoms with Crippen molar-refractivity contribution in [3.05, 3.63) is 88.9 Å². The van der Waals surface area contributed by atoms with Gasteiger partial charge in [0.2, 0.25) is 5.91 Å². The Bertz CT molecular complexity index is 1130. The summed E-state index contributed by atoms with van der Waals surface area (Å²) >= 11 is 2.99. The molecule has 8 heteroatoms. The summed E-state index contributed by atoms with van der Waals surface area (Å²) in [6.45, 7) is 1.77. The van der Waals surface area contributed by atoms with Gasteiger partial charge < -0.3 is 9.84 Å². The van der Waals surface area contributed by atoms with E-state index in [1.165, 1.54) is 35.2 Å². The van der Waals surface area contributed by atoms with Gasteiger partial charge in [0.25, 0.3) is 0 Å². The number of thioether (sulfide) groups is 1. The van der Waals surface area contributed by atoms with Crippen LogP contribution in [-0.4, -0.2) is 16.0 Å². The monoisotopic (exact) mass is 439 g/mol. The SMILES string of the molecule is Cc1cc(NC(=O)C(SCc2csc(-c3ccc(F)cc3)n2)c2ccccc2)no1. The summed E-state index contributed by atoms with van der Waals surface area (Å²) in [5.74, 6) is 1.14. The number of amides is 1. The summed E-state index contributed by atoms with van der Waals surface area (Å²) in [5.41, 5.74) is 2.64. The van der Waals surface area contributed by atoms with Gasteiger partial charge in [-0.15, -0.1) is 23.1 Å². The van der Waals surface area contributed by atoms with E-state index in [4.69, 9.17) is 4.52 Å². The van der Waals surface area contributed by atoms with Crippen LogP contribution in [0, 0.1) is 12.7 Å². The quantitative estimate of drug-likeness (QED) is 0.391. The Kier molecular flexibility index (Phi) is 6.25. The van der Waals surface area contributed by atoms with Crippen LogP contribution in [0.2, 0.25) is 0 Å². The molecule has 0 saturated carbocycles. The molecule has 2 heterocycles. The standard InChI is InChI=1S/C22H18FN3O2S2/c1-14-11-19(26-28-14)25-21(27)20(15-5-3-2-4-6-15)29-12-18-13-30-22(24-18)16-7-9-17(23)10-8-16/h2-11,13,20H,12H2,1H3,(H,25,26,27). The van der Waals surface area contributed by atoms with Crippen molar-refractivity contribution in [2.75, 3.05) is 5.32 Å². The highest BCUT2D eigenvalue weighted by Gasteiger charge is 2.23. The molecule has 0 bridgehead atoms. The molecule has 5 nitrogen and oxygen atoms in total. The summed E-state index contributed by atoms with van der Waals surface area (Å²) in [6.07, 6.45) is 0. The number of hydrogen-bond donors (Lipinski definition) is 1. The van der Waals surface area contributed by atoms with Gasteiger partial charge in [-0.05, 0) is 36.8 Å². The van der Waals surface area contributed by atoms with Crippen LogP contribution in [0.5, 0.6) is 0 Å². The van der Waals surface area contributed by atoms with Crippen LogP contribution in [0.25, 0.3) is 10.6 Å². The summed E-state index contributed by atoms with van der Waals surface area (Å²) in [4.78, 5) is 17.6. The Morgan fingerprint density at radius 1 is 1.20 bits per heavy atom. The van der Waals surface area contributed by atoms with E-state index >= 15 is 0 Å². The molecule has 2 aromatic heterocycles. The summed E-state index contributed by atoms with van der Waals surface area (Å²) in [7, 11) is 0. The van der Waals surface area contributed by atoms with E-state index in [2.05, 4.69) is 15.5 Å². The molecule has 0 radical (unpaired) electrons. The van der Waals surface area contributed by atoms with E-state index in [9.17, 15) is 9.18 Å². The van der Waals surface area contributed by atoms with Gasteiger partial charge in [-0.1, -0.05) is 35.5 Å². The molecule has 1 amide bonds. The zero-order valence-corrected chi connectivity index (χ0v) is 17.7. The highest BCUT2D eigenvalue weighted by molar-refractivity contribution is 7.99. The number of hydrogen-bond acceptors (Lipinski definition) is 6. The minimum atomic E-state index is -0.431. The molecule has 1 N–H and O–H groups in total. The third-order valence-electron chi connectivity index (χ3n) is 4.26. The van der Waals surface area contributed by atoms with Gasteiger partial charge in [-0.3, -0.25) is 4.79 Å². The highest BCUT2D eigenvalue weighted by Crippen LogP contribution is 2.34. The zero-order chi connectivity index (χ0) is 20.9. The number of anilines is 1. The van der Waals surface area contributed by atoms with Crippen LogP contribution in [0.15, 0.2) is 70.6 Å². The lowest BCUT2D eigenvalue weighted by atomic mass is 10.1. The van der Waals surface area contributed by atoms with Crippen molar-refractivity contribution in [3.8, 4) is 10.6 Å². The molecular formula is C22H18FN3O2S2. The van der Waals surface area contributed by atoms with Crippen molar-refractivity contribution >= 4 is 34.8 Å². The lowest BCUT2D eigenvalue weighted by Gasteiger charge is -2.15. The van der Waals surface area contributed by atoms with E-state index in [0.717, 1.165) is 21.8 Å².